The van der Waals surface area contributed by atoms with Gasteiger partial charge in [-0.2, -0.15) is 0 Å². The van der Waals surface area contributed by atoms with E-state index in [1.807, 2.05) is 31.3 Å². The predicted molar refractivity (Wildman–Crippen MR) is 171 cm³/mol. The van der Waals surface area contributed by atoms with Crippen LogP contribution in [0.4, 0.5) is 10.1 Å². The topological polar surface area (TPSA) is 60.9 Å². The molecule has 1 aromatic heterocycles. The van der Waals surface area contributed by atoms with E-state index in [1.165, 1.54) is 11.1 Å². The highest BCUT2D eigenvalue weighted by Gasteiger charge is 2.49. The monoisotopic (exact) mass is 595 g/mol. The van der Waals surface area contributed by atoms with Gasteiger partial charge in [-0.3, -0.25) is 14.7 Å². The summed E-state index contributed by atoms with van der Waals surface area (Å²) >= 11 is 0. The number of amides is 1. The third kappa shape index (κ3) is 6.03. The first-order valence-electron chi connectivity index (χ1n) is 15.9. The van der Waals surface area contributed by atoms with E-state index >= 15 is 0 Å². The lowest BCUT2D eigenvalue weighted by Gasteiger charge is -2.56. The van der Waals surface area contributed by atoms with Crippen molar-refractivity contribution >= 4 is 17.2 Å². The van der Waals surface area contributed by atoms with Crippen LogP contribution in [0, 0.1) is 17.2 Å². The minimum Gasteiger partial charge on any atom is -0.379 e. The normalized spacial score (nSPS) is 20.9. The maximum absolute atomic E-state index is 13.8. The van der Waals surface area contributed by atoms with Gasteiger partial charge in [0.15, 0.2) is 0 Å². The molecular formula is C36H42FN5O2. The van der Waals surface area contributed by atoms with Crippen LogP contribution in [0.15, 0.2) is 72.6 Å². The van der Waals surface area contributed by atoms with Crippen molar-refractivity contribution in [2.45, 2.75) is 25.8 Å². The second-order valence-electron chi connectivity index (χ2n) is 13.4. The fraction of sp³-hybridized carbons (Fsp3) is 0.444. The van der Waals surface area contributed by atoms with Crippen molar-refractivity contribution in [3.63, 3.8) is 0 Å². The molecule has 230 valence electrons. The molecule has 2 aromatic carbocycles. The molecule has 3 aromatic rings. The Kier molecular flexibility index (Phi) is 7.99. The van der Waals surface area contributed by atoms with Crippen LogP contribution in [0.25, 0.3) is 5.57 Å². The molecule has 4 aliphatic rings. The van der Waals surface area contributed by atoms with Gasteiger partial charge in [-0.25, -0.2) is 4.39 Å². The fourth-order valence-electron chi connectivity index (χ4n) is 7.62. The number of rotatable bonds is 8. The summed E-state index contributed by atoms with van der Waals surface area (Å²) in [6, 6.07) is 17.1. The summed E-state index contributed by atoms with van der Waals surface area (Å²) in [5.41, 5.74) is 7.88. The lowest BCUT2D eigenvalue weighted by molar-refractivity contribution is -0.0106. The molecule has 4 fully saturated rings. The number of anilines is 1. The molecule has 0 bridgehead atoms. The van der Waals surface area contributed by atoms with Crippen LogP contribution in [0.5, 0.6) is 0 Å². The van der Waals surface area contributed by atoms with E-state index in [1.54, 1.807) is 18.3 Å². The van der Waals surface area contributed by atoms with Crippen LogP contribution in [0.1, 0.15) is 52.9 Å². The Hall–Kier alpha value is -3.59. The molecule has 7 nitrogen and oxygen atoms in total. The van der Waals surface area contributed by atoms with Crippen LogP contribution in [0.2, 0.25) is 0 Å². The predicted octanol–water partition coefficient (Wildman–Crippen LogP) is 5.01. The van der Waals surface area contributed by atoms with E-state index in [9.17, 15) is 9.18 Å². The Bertz CT molecular complexity index is 1510. The number of nitrogens with zero attached hydrogens (tertiary/aromatic N) is 4. The second-order valence-corrected chi connectivity index (χ2v) is 13.4. The standard InChI is InChI=1S/C36H42FN5O2/c1-25(39-35(43)30-15-33(19-38-18-30)42-21-26(22-42)20-41-11-13-44-14-12-41)27-3-5-28(6-4-27)34(29-7-9-32(37)10-8-29)31-16-36(17-31)23-40(2)24-36/h3-10,15,18-19,25-26H,11-14,16-17,20-24H2,1-2H3,(H,39,43)/t25-/m1/s1. The van der Waals surface area contributed by atoms with Crippen molar-refractivity contribution in [1.82, 2.24) is 20.1 Å². The summed E-state index contributed by atoms with van der Waals surface area (Å²) in [6.45, 7) is 11.1. The summed E-state index contributed by atoms with van der Waals surface area (Å²) in [5, 5.41) is 3.17. The summed E-state index contributed by atoms with van der Waals surface area (Å²) in [4.78, 5) is 24.8. The van der Waals surface area contributed by atoms with Gasteiger partial charge < -0.3 is 19.9 Å². The Morgan fingerprint density at radius 3 is 2.32 bits per heavy atom. The minimum atomic E-state index is -0.220. The number of carbonyl (C=O) groups excluding carboxylic acids is 1. The van der Waals surface area contributed by atoms with E-state index in [-0.39, 0.29) is 17.8 Å². The molecule has 1 saturated carbocycles. The van der Waals surface area contributed by atoms with Gasteiger partial charge in [0.2, 0.25) is 0 Å². The van der Waals surface area contributed by atoms with Crippen LogP contribution in [-0.4, -0.2) is 86.8 Å². The van der Waals surface area contributed by atoms with Crippen LogP contribution in [0.3, 0.4) is 0 Å². The van der Waals surface area contributed by atoms with Crippen molar-refractivity contribution in [1.29, 1.82) is 0 Å². The number of pyridine rings is 1. The van der Waals surface area contributed by atoms with Crippen molar-refractivity contribution in [3.05, 3.63) is 101 Å². The number of carbonyl (C=O) groups is 1. The molecule has 1 N–H and O–H groups in total. The summed E-state index contributed by atoms with van der Waals surface area (Å²) in [7, 11) is 2.18. The zero-order valence-corrected chi connectivity index (χ0v) is 25.8. The molecule has 0 radical (unpaired) electrons. The average Bonchev–Trinajstić information content (AvgIpc) is 2.98. The first-order chi connectivity index (χ1) is 21.3. The maximum Gasteiger partial charge on any atom is 0.253 e. The Morgan fingerprint density at radius 1 is 1.00 bits per heavy atom. The highest BCUT2D eigenvalue weighted by Crippen LogP contribution is 2.54. The van der Waals surface area contributed by atoms with Gasteiger partial charge in [0.1, 0.15) is 5.82 Å². The van der Waals surface area contributed by atoms with E-state index in [4.69, 9.17) is 4.74 Å². The zero-order valence-electron chi connectivity index (χ0n) is 25.8. The van der Waals surface area contributed by atoms with Gasteiger partial charge in [0.05, 0.1) is 36.7 Å². The number of benzene rings is 2. The third-order valence-electron chi connectivity index (χ3n) is 9.85. The van der Waals surface area contributed by atoms with Gasteiger partial charge >= 0.3 is 0 Å². The summed E-state index contributed by atoms with van der Waals surface area (Å²) < 4.78 is 19.2. The quantitative estimate of drug-likeness (QED) is 0.395. The number of ether oxygens (including phenoxy) is 1. The van der Waals surface area contributed by atoms with E-state index in [0.29, 0.717) is 16.9 Å². The number of nitrogens with one attached hydrogen (secondary N) is 1. The first-order valence-corrected chi connectivity index (χ1v) is 15.9. The molecule has 44 heavy (non-hydrogen) atoms. The Balaban J connectivity index is 0.992. The number of morpholine rings is 1. The molecule has 4 heterocycles. The van der Waals surface area contributed by atoms with Crippen molar-refractivity contribution < 1.29 is 13.9 Å². The van der Waals surface area contributed by atoms with Crippen LogP contribution < -0.4 is 10.2 Å². The van der Waals surface area contributed by atoms with Gasteiger partial charge in [-0.05, 0) is 67.3 Å². The number of allylic oxidation sites excluding steroid dienone is 1. The van der Waals surface area contributed by atoms with Gasteiger partial charge in [0, 0.05) is 63.3 Å². The maximum atomic E-state index is 13.8. The van der Waals surface area contributed by atoms with Crippen molar-refractivity contribution in [2.24, 2.45) is 11.3 Å². The lowest BCUT2D eigenvalue weighted by Crippen LogP contribution is -2.58. The molecule has 1 atom stereocenters. The highest BCUT2D eigenvalue weighted by atomic mass is 19.1. The van der Waals surface area contributed by atoms with Crippen molar-refractivity contribution in [3.8, 4) is 0 Å². The molecule has 1 aliphatic carbocycles. The number of hydrogen-bond donors (Lipinski definition) is 1. The van der Waals surface area contributed by atoms with E-state index < -0.39 is 0 Å². The van der Waals surface area contributed by atoms with E-state index in [2.05, 4.69) is 56.3 Å². The van der Waals surface area contributed by atoms with Crippen LogP contribution in [-0.2, 0) is 4.74 Å². The third-order valence-corrected chi connectivity index (χ3v) is 9.85. The summed E-state index contributed by atoms with van der Waals surface area (Å²) in [5.74, 6) is 0.293. The SMILES string of the molecule is C[C@@H](NC(=O)c1cncc(N2CC(CN3CCOCC3)C2)c1)c1ccc(C(=C2CC3(C2)CN(C)C3)c2ccc(F)cc2)cc1. The average molecular weight is 596 g/mol. The fourth-order valence-corrected chi connectivity index (χ4v) is 7.62. The zero-order chi connectivity index (χ0) is 30.3. The second kappa shape index (κ2) is 12.1. The van der Waals surface area contributed by atoms with Crippen molar-refractivity contribution in [2.75, 3.05) is 71.0 Å². The molecule has 1 spiro atoms. The Labute approximate surface area is 259 Å². The number of aromatic nitrogens is 1. The highest BCUT2D eigenvalue weighted by molar-refractivity contribution is 5.95. The molecule has 8 heteroatoms. The Morgan fingerprint density at radius 2 is 1.66 bits per heavy atom. The summed E-state index contributed by atoms with van der Waals surface area (Å²) in [6.07, 6.45) is 5.69. The van der Waals surface area contributed by atoms with E-state index in [0.717, 1.165) is 94.2 Å². The largest absolute Gasteiger partial charge is 0.379 e. The smallest absolute Gasteiger partial charge is 0.253 e. The number of halogens is 1. The number of likely N-dealkylation sites (tertiary alicyclic amines) is 1. The minimum absolute atomic E-state index is 0.124. The van der Waals surface area contributed by atoms with Gasteiger partial charge in [0.25, 0.3) is 5.91 Å². The van der Waals surface area contributed by atoms with Gasteiger partial charge in [-0.1, -0.05) is 42.0 Å². The molecule has 1 amide bonds. The molecule has 7 rings (SSSR count). The molecule has 0 unspecified atom stereocenters. The molecular weight excluding hydrogens is 553 g/mol. The molecule has 3 saturated heterocycles. The number of hydrogen-bond acceptors (Lipinski definition) is 6. The molecule has 3 aliphatic heterocycles. The first kappa shape index (κ1) is 29.1. The van der Waals surface area contributed by atoms with Crippen LogP contribution >= 0.6 is 0 Å². The lowest BCUT2D eigenvalue weighted by atomic mass is 9.59. The van der Waals surface area contributed by atoms with Gasteiger partial charge in [-0.15, -0.1) is 0 Å².